The second-order valence-electron chi connectivity index (χ2n) is 36.8. The molecule has 9 aliphatic heterocycles. The fraction of sp³-hybridized carbons (Fsp3) is 0.521. The highest BCUT2D eigenvalue weighted by atomic mass is 32.2. The Kier molecular flexibility index (Phi) is 31.3. The number of pyridine rings is 3. The Morgan fingerprint density at radius 2 is 0.850 bits per heavy atom. The van der Waals surface area contributed by atoms with Crippen molar-refractivity contribution in [1.29, 1.82) is 0 Å². The van der Waals surface area contributed by atoms with Crippen molar-refractivity contribution in [1.82, 2.24) is 59.0 Å². The number of hydrogen-bond donors (Lipinski definition) is 3. The number of hydrogen-bond acceptors (Lipinski definition) is 25. The minimum atomic E-state index is -3.51. The first-order chi connectivity index (χ1) is 60.7. The third-order valence-electron chi connectivity index (χ3n) is 24.7. The lowest BCUT2D eigenvalue weighted by Gasteiger charge is -2.37. The molecule has 5 aromatic heterocycles. The van der Waals surface area contributed by atoms with Gasteiger partial charge in [0.25, 0.3) is 27.8 Å². The van der Waals surface area contributed by atoms with Crippen LogP contribution in [0.15, 0.2) is 145 Å². The van der Waals surface area contributed by atoms with E-state index in [1.807, 2.05) is 121 Å². The number of allylic oxidation sites excluding steroid dienone is 1. The Labute approximate surface area is 747 Å². The summed E-state index contributed by atoms with van der Waals surface area (Å²) in [5.74, 6) is 5.66. The van der Waals surface area contributed by atoms with Crippen molar-refractivity contribution < 1.29 is 80.2 Å². The third-order valence-corrected chi connectivity index (χ3v) is 28.7. The number of aliphatic hydroxyl groups excluding tert-OH is 3. The maximum Gasteiger partial charge on any atom is 0.264 e. The van der Waals surface area contributed by atoms with Crippen LogP contribution in [-0.2, 0) is 70.9 Å². The first kappa shape index (κ1) is 93.4. The van der Waals surface area contributed by atoms with Gasteiger partial charge in [0.05, 0.1) is 24.2 Å². The van der Waals surface area contributed by atoms with Gasteiger partial charge < -0.3 is 67.9 Å². The fourth-order valence-corrected chi connectivity index (χ4v) is 19.5. The summed E-state index contributed by atoms with van der Waals surface area (Å²) in [5.41, 5.74) is 9.32. The molecule has 10 aliphatic rings. The van der Waals surface area contributed by atoms with Crippen molar-refractivity contribution >= 4 is 55.8 Å². The van der Waals surface area contributed by atoms with E-state index in [0.717, 1.165) is 179 Å². The van der Waals surface area contributed by atoms with Crippen LogP contribution < -0.4 is 28.4 Å². The van der Waals surface area contributed by atoms with Crippen molar-refractivity contribution in [3.8, 4) is 74.7 Å². The summed E-state index contributed by atoms with van der Waals surface area (Å²) >= 11 is 0. The van der Waals surface area contributed by atoms with Crippen LogP contribution in [0.5, 0.6) is 52.1 Å². The molecular weight excluding hydrogens is 1670 g/mol. The Morgan fingerprint density at radius 3 is 1.20 bits per heavy atom. The van der Waals surface area contributed by atoms with E-state index in [2.05, 4.69) is 91.4 Å². The zero-order chi connectivity index (χ0) is 88.1. The van der Waals surface area contributed by atoms with Crippen molar-refractivity contribution in [2.75, 3.05) is 91.5 Å². The van der Waals surface area contributed by atoms with Gasteiger partial charge in [-0.05, 0) is 152 Å². The van der Waals surface area contributed by atoms with E-state index >= 15 is 0 Å². The largest absolute Gasteiger partial charge is 0.488 e. The predicted molar refractivity (Wildman–Crippen MR) is 489 cm³/mol. The predicted octanol–water partition coefficient (Wildman–Crippen LogP) is 13.0. The van der Waals surface area contributed by atoms with Crippen LogP contribution in [0.3, 0.4) is 0 Å². The fourth-order valence-electron chi connectivity index (χ4n) is 17.6. The van der Waals surface area contributed by atoms with Gasteiger partial charge in [-0.1, -0.05) is 84.2 Å². The Hall–Kier alpha value is -9.79. The van der Waals surface area contributed by atoms with E-state index in [1.54, 1.807) is 36.9 Å². The lowest BCUT2D eigenvalue weighted by atomic mass is 9.94. The first-order valence-corrected chi connectivity index (χ1v) is 53.9. The average Bonchev–Trinajstić information content (AvgIpc) is 1.69. The van der Waals surface area contributed by atoms with Crippen molar-refractivity contribution in [3.63, 3.8) is 0 Å². The number of piperidine rings is 2. The molecule has 6 atom stereocenters. The van der Waals surface area contributed by atoms with Crippen LogP contribution in [0.1, 0.15) is 107 Å². The van der Waals surface area contributed by atoms with Gasteiger partial charge in [-0.3, -0.25) is 33.4 Å². The van der Waals surface area contributed by atoms with E-state index in [1.165, 1.54) is 30.4 Å². The molecule has 3 amide bonds. The van der Waals surface area contributed by atoms with E-state index in [9.17, 15) is 38.1 Å². The number of carbonyl (C=O) groups excluding carboxylic acids is 3. The number of aromatic nitrogens is 7. The molecule has 0 spiro atoms. The van der Waals surface area contributed by atoms with Gasteiger partial charge in [0.2, 0.25) is 17.6 Å². The zero-order valence-electron chi connectivity index (χ0n) is 73.5. The van der Waals surface area contributed by atoms with Crippen LogP contribution in [0.2, 0.25) is 51.4 Å². The molecule has 5 saturated heterocycles. The van der Waals surface area contributed by atoms with Gasteiger partial charge in [0.1, 0.15) is 91.2 Å². The average molecular weight is 1800 g/mol. The number of ether oxygens (including phenoxy) is 8. The number of amides is 3. The Bertz CT molecular complexity index is 5180. The Balaban J connectivity index is 0.000000144. The SMILES string of the molecule is C.C[Si](C)(C)CCOCn1nccc1-c1ccc(Oc2ccc3c(c2)O[C@H](CN2CCC(N4CC[C@H](O)C4=O)CC2)C3)nc1.C[Si](C)(C)CCOCn1nccc1-c1ccc(Oc2ccc3c(c2)O[C@H](COS(C)(=O)=O)C3)nc1.O=C1[C@@H](O)CCN1C1CCCCC1.O=C1[C@@H](O)CCN1C1CCN(C[C@@H]2Cc3ccc(Oc4ccc(C5=CC=NC5)cn4)cc3O2)CC1. The molecule has 14 heterocycles. The molecule has 30 nitrogen and oxygen atoms in total. The molecule has 127 heavy (non-hydrogen) atoms. The number of benzene rings is 3. The molecule has 18 rings (SSSR count). The maximum atomic E-state index is 12.2. The van der Waals surface area contributed by atoms with Crippen LogP contribution in [-0.4, -0.2) is 269 Å². The van der Waals surface area contributed by atoms with Crippen molar-refractivity contribution in [2.45, 2.75) is 223 Å². The molecule has 1 aliphatic carbocycles. The lowest BCUT2D eigenvalue weighted by molar-refractivity contribution is -0.137. The van der Waals surface area contributed by atoms with Gasteiger partial charge in [0, 0.05) is 210 Å². The second kappa shape index (κ2) is 42.6. The molecule has 1 saturated carbocycles. The standard InChI is InChI=1S/C32H43N5O5Si.C27H30N4O4.C24H31N3O6SSi.C10H17NO2.CH4/c1-43(2,3)17-16-40-22-37-28(8-12-34-37)24-5-7-31(33-20-24)42-26-6-4-23-18-27(41-30(23)19-26)21-35-13-9-25(10-14-35)36-15-11-29(38)32(36)39;32-24-8-12-31(27(24)33)21-6-10-30(11-7-21)17-23-13-18-1-3-22(14-25(18)34-23)35-26-4-2-19(16-29-26)20-5-9-28-15-20;1-34(28,29)31-16-21-13-18-5-7-20(14-23(18)32-21)33-24-8-6-19(15-25-24)22-9-10-26-27(22)17-30-11-12-35(2,3)4;12-9-6-7-11(10(9)13)8-4-2-1-3-5-8;/h4-8,12,19-20,25,27,29,38H,9-11,13-18,21-22H2,1-3H3;1-5,9,14,16,21,23-24,32H,6-8,10-13,15,17H2;5-10,14-15,21H,11-13,16-17H2,1-4H3;8-9,12H,1-7H2;1H4/t27-,29-;23-,24-;21-;9-;/m0000./s1. The summed E-state index contributed by atoms with van der Waals surface area (Å²) in [4.78, 5) is 64.0. The van der Waals surface area contributed by atoms with Gasteiger partial charge in [0.15, 0.2) is 0 Å². The van der Waals surface area contributed by atoms with E-state index in [0.29, 0.717) is 105 Å². The van der Waals surface area contributed by atoms with Crippen LogP contribution >= 0.6 is 0 Å². The van der Waals surface area contributed by atoms with E-state index in [4.69, 9.17) is 42.1 Å². The highest BCUT2D eigenvalue weighted by Gasteiger charge is 2.40. The van der Waals surface area contributed by atoms with Gasteiger partial charge >= 0.3 is 0 Å². The van der Waals surface area contributed by atoms with Crippen molar-refractivity contribution in [3.05, 3.63) is 162 Å². The number of fused-ring (bicyclic) bond motifs is 3. The van der Waals surface area contributed by atoms with E-state index < -0.39 is 44.6 Å². The highest BCUT2D eigenvalue weighted by molar-refractivity contribution is 7.86. The minimum Gasteiger partial charge on any atom is -0.488 e. The van der Waals surface area contributed by atoms with Gasteiger partial charge in [-0.15, -0.1) is 0 Å². The number of rotatable bonds is 29. The monoisotopic (exact) mass is 1800 g/mol. The van der Waals surface area contributed by atoms with Gasteiger partial charge in [-0.2, -0.15) is 18.6 Å². The summed E-state index contributed by atoms with van der Waals surface area (Å²) < 4.78 is 79.1. The van der Waals surface area contributed by atoms with Crippen molar-refractivity contribution in [2.24, 2.45) is 4.99 Å². The molecule has 0 radical (unpaired) electrons. The zero-order valence-corrected chi connectivity index (χ0v) is 76.3. The molecule has 0 bridgehead atoms. The maximum absolute atomic E-state index is 12.2. The number of nitrogens with zero attached hydrogens (tertiary/aromatic N) is 13. The molecule has 682 valence electrons. The van der Waals surface area contributed by atoms with Crippen LogP contribution in [0, 0.1) is 0 Å². The first-order valence-electron chi connectivity index (χ1n) is 44.6. The summed E-state index contributed by atoms with van der Waals surface area (Å²) in [6.07, 6.45) is 25.2. The number of aliphatic hydroxyl groups is 3. The van der Waals surface area contributed by atoms with Gasteiger partial charge in [-0.25, -0.2) is 24.3 Å². The third kappa shape index (κ3) is 25.6. The summed E-state index contributed by atoms with van der Waals surface area (Å²) in [6.45, 7) is 24.6. The summed E-state index contributed by atoms with van der Waals surface area (Å²) in [5, 5.41) is 37.6. The molecule has 8 aromatic rings. The smallest absolute Gasteiger partial charge is 0.264 e. The number of carbonyl (C=O) groups is 3. The summed E-state index contributed by atoms with van der Waals surface area (Å²) in [7, 11) is -5.76. The van der Waals surface area contributed by atoms with Crippen LogP contribution in [0.4, 0.5) is 0 Å². The Morgan fingerprint density at radius 1 is 0.465 bits per heavy atom. The van der Waals surface area contributed by atoms with E-state index in [-0.39, 0.29) is 62.2 Å². The number of likely N-dealkylation sites (tertiary alicyclic amines) is 5. The normalized spacial score (nSPS) is 21.5. The minimum absolute atomic E-state index is 0. The molecule has 0 unspecified atom stereocenters. The molecular formula is C94H125N13O17SSi2. The summed E-state index contributed by atoms with van der Waals surface area (Å²) in [6, 6.07) is 36.1. The second-order valence-corrected chi connectivity index (χ2v) is 49.7. The molecule has 3 N–H and O–H groups in total. The quantitative estimate of drug-likeness (QED) is 0.0223. The number of aliphatic imine (C=N–C) groups is 1. The molecule has 3 aromatic carbocycles. The molecule has 33 heteroatoms. The lowest BCUT2D eigenvalue weighted by Crippen LogP contribution is -2.48. The highest BCUT2D eigenvalue weighted by Crippen LogP contribution is 2.40. The van der Waals surface area contributed by atoms with Crippen LogP contribution in [0.25, 0.3) is 28.1 Å². The molecule has 6 fully saturated rings. The topological polar surface area (TPSA) is 332 Å².